The SMILES string of the molecule is ClCCl.O=C(O)C1C2C=CC(C2)C1C(=O)OCC12CC3CC(CC(C3)C1)C2.O=C1OC(=O)C2C3C=CC(C3)C12.OCC12CC3CC(CC(C3)C1)C2.[H+]. The summed E-state index contributed by atoms with van der Waals surface area (Å²) in [5, 5.41) is 19.1. The number of carbonyl (C=O) groups is 4. The Morgan fingerprint density at radius 2 is 1.04 bits per heavy atom. The number of halogens is 2. The van der Waals surface area contributed by atoms with Gasteiger partial charge in [-0.2, -0.15) is 0 Å². The molecule has 12 aliphatic carbocycles. The molecule has 0 amide bonds. The Morgan fingerprint density at radius 1 is 0.667 bits per heavy atom. The molecule has 0 aromatic heterocycles. The third-order valence-electron chi connectivity index (χ3n) is 15.4. The molecule has 12 bridgehead atoms. The Morgan fingerprint density at radius 3 is 1.45 bits per heavy atom. The number of aliphatic carboxylic acids is 1. The van der Waals surface area contributed by atoms with Crippen LogP contribution in [0.25, 0.3) is 0 Å². The van der Waals surface area contributed by atoms with Gasteiger partial charge < -0.3 is 19.7 Å². The first-order valence-corrected chi connectivity index (χ1v) is 20.8. The van der Waals surface area contributed by atoms with E-state index in [4.69, 9.17) is 27.9 Å². The molecule has 0 aromatic rings. The second-order valence-corrected chi connectivity index (χ2v) is 19.6. The van der Waals surface area contributed by atoms with E-state index in [-0.39, 0.29) is 65.6 Å². The molecule has 13 aliphatic rings. The molecule has 1 aliphatic heterocycles. The van der Waals surface area contributed by atoms with Crippen LogP contribution in [0.15, 0.2) is 24.3 Å². The summed E-state index contributed by atoms with van der Waals surface area (Å²) in [5.74, 6) is 3.08. The molecule has 0 radical (unpaired) electrons. The van der Waals surface area contributed by atoms with Crippen LogP contribution in [0.1, 0.15) is 91.3 Å². The van der Waals surface area contributed by atoms with Crippen LogP contribution in [0.4, 0.5) is 0 Å². The third-order valence-corrected chi connectivity index (χ3v) is 15.4. The van der Waals surface area contributed by atoms with Crippen molar-refractivity contribution in [1.29, 1.82) is 0 Å². The molecule has 0 spiro atoms. The van der Waals surface area contributed by atoms with Crippen LogP contribution in [0.5, 0.6) is 0 Å². The Hall–Kier alpha value is -1.90. The highest BCUT2D eigenvalue weighted by Gasteiger charge is 2.58. The number of cyclic esters (lactones) is 2. The molecule has 51 heavy (non-hydrogen) atoms. The van der Waals surface area contributed by atoms with Gasteiger partial charge in [0.2, 0.25) is 0 Å². The van der Waals surface area contributed by atoms with Crippen LogP contribution in [0.2, 0.25) is 0 Å². The summed E-state index contributed by atoms with van der Waals surface area (Å²) in [6.07, 6.45) is 26.1. The summed E-state index contributed by atoms with van der Waals surface area (Å²) in [5.41, 5.74) is 0.603. The van der Waals surface area contributed by atoms with Gasteiger partial charge in [0.15, 0.2) is 0 Å². The quantitative estimate of drug-likeness (QED) is 0.128. The average molecular weight is 747 g/mol. The van der Waals surface area contributed by atoms with Crippen LogP contribution < -0.4 is 0 Å². The molecule has 1 heterocycles. The van der Waals surface area contributed by atoms with E-state index in [0.29, 0.717) is 18.6 Å². The standard InChI is InChI=1S/C20H26O4.C11H18O.C9H8O3.CH2Cl2/c21-18(22)16-14-1-2-15(6-14)17(16)19(23)24-10-20-7-11-3-12(8-20)5-13(4-11)9-20;12-7-11-4-8-1-9(5-11)3-10(2-8)6-11;10-8-6-4-1-2-5(3-4)7(6)9(11)12-8;2-1-3/h1-2,11-17H,3-10H2,(H,21,22);8-10,12H,1-7H2;1-2,4-7H,3H2;1H2/p+1. The van der Waals surface area contributed by atoms with Crippen LogP contribution in [-0.4, -0.2) is 52.6 Å². The second-order valence-electron chi connectivity index (χ2n) is 18.8. The monoisotopic (exact) mass is 745 g/mol. The molecular weight excluding hydrogens is 691 g/mol. The van der Waals surface area contributed by atoms with Crippen LogP contribution in [0.3, 0.4) is 0 Å². The lowest BCUT2D eigenvalue weighted by molar-refractivity contribution is -0.166. The Kier molecular flexibility index (Phi) is 9.95. The number of fused-ring (bicyclic) bond motifs is 7. The van der Waals surface area contributed by atoms with Crippen molar-refractivity contribution in [2.45, 2.75) is 89.9 Å². The lowest BCUT2D eigenvalue weighted by Gasteiger charge is -2.56. The van der Waals surface area contributed by atoms with Crippen molar-refractivity contribution in [3.63, 3.8) is 0 Å². The smallest absolute Gasteiger partial charge is 0.481 e. The van der Waals surface area contributed by atoms with Crippen LogP contribution >= 0.6 is 23.2 Å². The molecule has 0 aromatic carbocycles. The molecule has 11 fully saturated rings. The van der Waals surface area contributed by atoms with Crippen molar-refractivity contribution in [2.75, 3.05) is 18.6 Å². The highest BCUT2D eigenvalue weighted by atomic mass is 35.5. The van der Waals surface area contributed by atoms with Gasteiger partial charge in [0.05, 0.1) is 35.6 Å². The summed E-state index contributed by atoms with van der Waals surface area (Å²) in [4.78, 5) is 46.7. The summed E-state index contributed by atoms with van der Waals surface area (Å²) in [6, 6.07) is 0. The number of carboxylic acid groups (broad SMARTS) is 1. The van der Waals surface area contributed by atoms with Crippen molar-refractivity contribution < 1.29 is 40.3 Å². The maximum Gasteiger partial charge on any atom is 1.00 e. The molecule has 10 saturated carbocycles. The number of rotatable bonds is 5. The molecule has 8 unspecified atom stereocenters. The van der Waals surface area contributed by atoms with Gasteiger partial charge in [0.1, 0.15) is 0 Å². The molecule has 1 saturated heterocycles. The molecule has 8 atom stereocenters. The minimum absolute atomic E-state index is 0. The van der Waals surface area contributed by atoms with E-state index >= 15 is 0 Å². The molecule has 13 rings (SSSR count). The van der Waals surface area contributed by atoms with Gasteiger partial charge in [0.25, 0.3) is 0 Å². The number of ether oxygens (including phenoxy) is 2. The highest BCUT2D eigenvalue weighted by Crippen LogP contribution is 2.61. The summed E-state index contributed by atoms with van der Waals surface area (Å²) in [6.45, 7) is 0.996. The Bertz CT molecular complexity index is 1360. The first-order chi connectivity index (χ1) is 24.5. The van der Waals surface area contributed by atoms with E-state index in [2.05, 4.69) is 4.74 Å². The number of carbonyl (C=O) groups excluding carboxylic acids is 3. The number of alkyl halides is 2. The van der Waals surface area contributed by atoms with Crippen molar-refractivity contribution in [3.05, 3.63) is 24.3 Å². The van der Waals surface area contributed by atoms with E-state index in [1.807, 2.05) is 24.3 Å². The van der Waals surface area contributed by atoms with Gasteiger partial charge in [0, 0.05) is 12.0 Å². The Labute approximate surface area is 312 Å². The van der Waals surface area contributed by atoms with Crippen molar-refractivity contribution in [1.82, 2.24) is 0 Å². The zero-order valence-electron chi connectivity index (χ0n) is 30.5. The summed E-state index contributed by atoms with van der Waals surface area (Å²) >= 11 is 9.53. The first-order valence-electron chi connectivity index (χ1n) is 19.8. The minimum Gasteiger partial charge on any atom is -0.481 e. The first kappa shape index (κ1) is 36.1. The predicted molar refractivity (Wildman–Crippen MR) is 191 cm³/mol. The van der Waals surface area contributed by atoms with E-state index in [9.17, 15) is 29.4 Å². The van der Waals surface area contributed by atoms with Gasteiger partial charge in [-0.05, 0) is 154 Å². The lowest BCUT2D eigenvalue weighted by atomic mass is 9.50. The van der Waals surface area contributed by atoms with E-state index in [1.54, 1.807) is 0 Å². The molecule has 2 N–H and O–H groups in total. The van der Waals surface area contributed by atoms with Crippen LogP contribution in [-0.2, 0) is 28.7 Å². The van der Waals surface area contributed by atoms with E-state index in [1.165, 1.54) is 77.0 Å². The van der Waals surface area contributed by atoms with Crippen LogP contribution in [0, 0.1) is 93.7 Å². The fourth-order valence-electron chi connectivity index (χ4n) is 14.5. The predicted octanol–water partition coefficient (Wildman–Crippen LogP) is 7.51. The van der Waals surface area contributed by atoms with Gasteiger partial charge in [-0.15, -0.1) is 23.2 Å². The molecule has 10 heteroatoms. The van der Waals surface area contributed by atoms with Crippen molar-refractivity contribution in [3.8, 4) is 0 Å². The number of aliphatic hydroxyl groups excluding tert-OH is 1. The summed E-state index contributed by atoms with van der Waals surface area (Å²) in [7, 11) is 0. The molecule has 8 nitrogen and oxygen atoms in total. The fourth-order valence-corrected chi connectivity index (χ4v) is 14.5. The van der Waals surface area contributed by atoms with Gasteiger partial charge >= 0.3 is 25.3 Å². The number of carboxylic acids is 1. The minimum atomic E-state index is -0.844. The zero-order chi connectivity index (χ0) is 35.7. The van der Waals surface area contributed by atoms with E-state index < -0.39 is 17.8 Å². The maximum absolute atomic E-state index is 12.7. The highest BCUT2D eigenvalue weighted by molar-refractivity contribution is 6.40. The number of hydrogen-bond acceptors (Lipinski definition) is 7. The topological polar surface area (TPSA) is 127 Å². The zero-order valence-corrected chi connectivity index (χ0v) is 31.0. The summed E-state index contributed by atoms with van der Waals surface area (Å²) < 4.78 is 10.4. The van der Waals surface area contributed by atoms with Crippen molar-refractivity contribution in [2.24, 2.45) is 93.7 Å². The lowest BCUT2D eigenvalue weighted by Crippen LogP contribution is -2.49. The maximum atomic E-state index is 12.7. The van der Waals surface area contributed by atoms with Gasteiger partial charge in [-0.1, -0.05) is 24.3 Å². The Balaban J connectivity index is 0.000000126. The number of allylic oxidation sites excluding steroid dienone is 4. The van der Waals surface area contributed by atoms with Crippen molar-refractivity contribution >= 4 is 47.1 Å². The van der Waals surface area contributed by atoms with Gasteiger partial charge in [-0.3, -0.25) is 19.2 Å². The fraction of sp³-hybridized carbons (Fsp3) is 0.805. The van der Waals surface area contributed by atoms with Gasteiger partial charge in [-0.25, -0.2) is 0 Å². The largest absolute Gasteiger partial charge is 1.00 e. The number of esters is 3. The second kappa shape index (κ2) is 14.1. The molecular formula is C41H55Cl2O8+. The van der Waals surface area contributed by atoms with E-state index in [0.717, 1.165) is 48.3 Å². The molecule has 280 valence electrons. The number of aliphatic hydroxyl groups is 1. The third kappa shape index (κ3) is 6.75. The average Bonchev–Trinajstić information content (AvgIpc) is 3.91. The normalized spacial score (nSPS) is 48.7. The number of hydrogen-bond donors (Lipinski definition) is 2.